The SMILES string of the molecule is N#Cc1ccc(Oc2ccc(-c3cccc(CCC(N)=O)n3)cc2)cc1C(F)(F)F. The lowest BCUT2D eigenvalue weighted by atomic mass is 10.1. The highest BCUT2D eigenvalue weighted by molar-refractivity contribution is 5.74. The molecular formula is C22H16F3N3O2. The van der Waals surface area contributed by atoms with E-state index >= 15 is 0 Å². The lowest BCUT2D eigenvalue weighted by molar-refractivity contribution is -0.137. The maximum Gasteiger partial charge on any atom is 0.417 e. The second-order valence-corrected chi connectivity index (χ2v) is 6.42. The van der Waals surface area contributed by atoms with E-state index in [2.05, 4.69) is 4.98 Å². The Morgan fingerprint density at radius 2 is 1.77 bits per heavy atom. The summed E-state index contributed by atoms with van der Waals surface area (Å²) < 4.78 is 44.8. The molecule has 152 valence electrons. The molecule has 5 nitrogen and oxygen atoms in total. The molecule has 1 amide bonds. The summed E-state index contributed by atoms with van der Waals surface area (Å²) in [6.45, 7) is 0. The lowest BCUT2D eigenvalue weighted by Crippen LogP contribution is -2.11. The zero-order valence-corrected chi connectivity index (χ0v) is 15.6. The first-order valence-electron chi connectivity index (χ1n) is 8.90. The van der Waals surface area contributed by atoms with Gasteiger partial charge in [-0.05, 0) is 61.0 Å². The average molecular weight is 411 g/mol. The highest BCUT2D eigenvalue weighted by atomic mass is 19.4. The number of rotatable bonds is 6. The van der Waals surface area contributed by atoms with Crippen molar-refractivity contribution in [3.63, 3.8) is 0 Å². The molecule has 8 heteroatoms. The van der Waals surface area contributed by atoms with Crippen LogP contribution in [0.1, 0.15) is 23.2 Å². The molecule has 0 unspecified atom stereocenters. The summed E-state index contributed by atoms with van der Waals surface area (Å²) in [5.74, 6) is -0.0951. The highest BCUT2D eigenvalue weighted by Crippen LogP contribution is 2.35. The van der Waals surface area contributed by atoms with Crippen molar-refractivity contribution >= 4 is 5.91 Å². The number of hydrogen-bond donors (Lipinski definition) is 1. The predicted molar refractivity (Wildman–Crippen MR) is 103 cm³/mol. The standard InChI is InChI=1S/C22H16F3N3O2/c23-22(24,25)19-12-18(10-6-15(19)13-26)30-17-8-4-14(5-9-17)20-3-1-2-16(28-20)7-11-21(27)29/h1-6,8-10,12H,7,11H2,(H2,27,29). The lowest BCUT2D eigenvalue weighted by Gasteiger charge is -2.12. The van der Waals surface area contributed by atoms with E-state index in [9.17, 15) is 18.0 Å². The number of nitrogens with zero attached hydrogens (tertiary/aromatic N) is 2. The number of pyridine rings is 1. The molecule has 0 aliphatic heterocycles. The van der Waals surface area contributed by atoms with Gasteiger partial charge in [-0.2, -0.15) is 18.4 Å². The van der Waals surface area contributed by atoms with Crippen LogP contribution in [0.2, 0.25) is 0 Å². The number of aryl methyl sites for hydroxylation is 1. The number of primary amides is 1. The molecule has 0 radical (unpaired) electrons. The topological polar surface area (TPSA) is 89.0 Å². The zero-order chi connectivity index (χ0) is 21.7. The Bertz CT molecular complexity index is 1100. The van der Waals surface area contributed by atoms with E-state index in [0.29, 0.717) is 17.9 Å². The van der Waals surface area contributed by atoms with Gasteiger partial charge in [-0.1, -0.05) is 6.07 Å². The Morgan fingerprint density at radius 3 is 2.40 bits per heavy atom. The summed E-state index contributed by atoms with van der Waals surface area (Å²) in [7, 11) is 0. The normalized spacial score (nSPS) is 11.0. The van der Waals surface area contributed by atoms with Crippen LogP contribution in [-0.2, 0) is 17.4 Å². The maximum absolute atomic E-state index is 13.1. The molecule has 3 aromatic rings. The van der Waals surface area contributed by atoms with Crippen molar-refractivity contribution in [1.29, 1.82) is 5.26 Å². The largest absolute Gasteiger partial charge is 0.457 e. The van der Waals surface area contributed by atoms with Gasteiger partial charge in [0.05, 0.1) is 22.9 Å². The first-order valence-corrected chi connectivity index (χ1v) is 8.90. The molecule has 1 aromatic heterocycles. The van der Waals surface area contributed by atoms with E-state index in [1.54, 1.807) is 36.4 Å². The minimum Gasteiger partial charge on any atom is -0.457 e. The molecule has 0 saturated heterocycles. The molecule has 1 heterocycles. The number of ether oxygens (including phenoxy) is 1. The molecule has 0 saturated carbocycles. The number of amides is 1. The fraction of sp³-hybridized carbons (Fsp3) is 0.136. The van der Waals surface area contributed by atoms with Crippen molar-refractivity contribution in [2.24, 2.45) is 5.73 Å². The predicted octanol–water partition coefficient (Wildman–Crippen LogP) is 4.85. The van der Waals surface area contributed by atoms with Crippen LogP contribution in [-0.4, -0.2) is 10.9 Å². The van der Waals surface area contributed by atoms with Crippen LogP contribution in [0.4, 0.5) is 13.2 Å². The molecular weight excluding hydrogens is 395 g/mol. The number of carbonyl (C=O) groups is 1. The van der Waals surface area contributed by atoms with E-state index in [0.717, 1.165) is 23.4 Å². The van der Waals surface area contributed by atoms with Gasteiger partial charge in [-0.15, -0.1) is 0 Å². The number of alkyl halides is 3. The number of benzene rings is 2. The molecule has 2 N–H and O–H groups in total. The fourth-order valence-electron chi connectivity index (χ4n) is 2.78. The van der Waals surface area contributed by atoms with E-state index in [-0.39, 0.29) is 12.2 Å². The van der Waals surface area contributed by atoms with Crippen LogP contribution < -0.4 is 10.5 Å². The summed E-state index contributed by atoms with van der Waals surface area (Å²) in [5.41, 5.74) is 5.83. The first kappa shape index (κ1) is 20.9. The van der Waals surface area contributed by atoms with Crippen molar-refractivity contribution in [2.45, 2.75) is 19.0 Å². The van der Waals surface area contributed by atoms with Crippen molar-refractivity contribution in [1.82, 2.24) is 4.98 Å². The number of aromatic nitrogens is 1. The van der Waals surface area contributed by atoms with Gasteiger partial charge >= 0.3 is 6.18 Å². The minimum atomic E-state index is -4.65. The molecule has 3 rings (SSSR count). The molecule has 0 bridgehead atoms. The second-order valence-electron chi connectivity index (χ2n) is 6.42. The van der Waals surface area contributed by atoms with E-state index in [1.165, 1.54) is 12.1 Å². The van der Waals surface area contributed by atoms with Crippen molar-refractivity contribution < 1.29 is 22.7 Å². The Balaban J connectivity index is 1.78. The van der Waals surface area contributed by atoms with Crippen molar-refractivity contribution in [3.8, 4) is 28.8 Å². The van der Waals surface area contributed by atoms with Gasteiger partial charge in [0.1, 0.15) is 11.5 Å². The molecule has 0 fully saturated rings. The number of carbonyl (C=O) groups excluding carboxylic acids is 1. The van der Waals surface area contributed by atoms with Crippen LogP contribution in [0.15, 0.2) is 60.7 Å². The number of nitrogens with two attached hydrogens (primary N) is 1. The maximum atomic E-state index is 13.1. The first-order chi connectivity index (χ1) is 14.3. The van der Waals surface area contributed by atoms with Crippen molar-refractivity contribution in [3.05, 3.63) is 77.5 Å². The molecule has 0 aliphatic carbocycles. The summed E-state index contributed by atoms with van der Waals surface area (Å²) in [4.78, 5) is 15.4. The van der Waals surface area contributed by atoms with Gasteiger partial charge in [-0.3, -0.25) is 9.78 Å². The van der Waals surface area contributed by atoms with Gasteiger partial charge in [-0.25, -0.2) is 0 Å². The summed E-state index contributed by atoms with van der Waals surface area (Å²) in [5, 5.41) is 8.86. The number of halogens is 3. The van der Waals surface area contributed by atoms with Crippen LogP contribution >= 0.6 is 0 Å². The fourth-order valence-corrected chi connectivity index (χ4v) is 2.78. The molecule has 2 aromatic carbocycles. The summed E-state index contributed by atoms with van der Waals surface area (Å²) in [6.07, 6.45) is -4.02. The van der Waals surface area contributed by atoms with E-state index in [4.69, 9.17) is 15.7 Å². The third-order valence-corrected chi connectivity index (χ3v) is 4.24. The Morgan fingerprint density at radius 1 is 1.07 bits per heavy atom. The third-order valence-electron chi connectivity index (χ3n) is 4.24. The zero-order valence-electron chi connectivity index (χ0n) is 15.6. The van der Waals surface area contributed by atoms with Gasteiger partial charge in [0.15, 0.2) is 0 Å². The quantitative estimate of drug-likeness (QED) is 0.628. The average Bonchev–Trinajstić information content (AvgIpc) is 2.72. The third kappa shape index (κ3) is 5.14. The van der Waals surface area contributed by atoms with Crippen LogP contribution in [0.5, 0.6) is 11.5 Å². The Labute approximate surface area is 170 Å². The molecule has 0 atom stereocenters. The van der Waals surface area contributed by atoms with Crippen LogP contribution in [0.25, 0.3) is 11.3 Å². The molecule has 0 aliphatic rings. The molecule has 30 heavy (non-hydrogen) atoms. The van der Waals surface area contributed by atoms with Crippen LogP contribution in [0.3, 0.4) is 0 Å². The van der Waals surface area contributed by atoms with Gasteiger partial charge < -0.3 is 10.5 Å². The smallest absolute Gasteiger partial charge is 0.417 e. The van der Waals surface area contributed by atoms with Gasteiger partial charge in [0.2, 0.25) is 5.91 Å². The minimum absolute atomic E-state index is 0.0272. The number of hydrogen-bond acceptors (Lipinski definition) is 4. The Kier molecular flexibility index (Phi) is 6.02. The summed E-state index contributed by atoms with van der Waals surface area (Å²) in [6, 6.07) is 16.8. The second kappa shape index (κ2) is 8.66. The van der Waals surface area contributed by atoms with Crippen molar-refractivity contribution in [2.75, 3.05) is 0 Å². The monoisotopic (exact) mass is 411 g/mol. The summed E-state index contributed by atoms with van der Waals surface area (Å²) >= 11 is 0. The number of nitriles is 1. The highest BCUT2D eigenvalue weighted by Gasteiger charge is 2.34. The van der Waals surface area contributed by atoms with E-state index < -0.39 is 23.2 Å². The van der Waals surface area contributed by atoms with Gasteiger partial charge in [0.25, 0.3) is 0 Å². The Hall–Kier alpha value is -3.86. The van der Waals surface area contributed by atoms with Crippen LogP contribution in [0, 0.1) is 11.3 Å². The molecule has 0 spiro atoms. The van der Waals surface area contributed by atoms with E-state index in [1.807, 2.05) is 6.07 Å². The van der Waals surface area contributed by atoms with Gasteiger partial charge in [0, 0.05) is 17.7 Å².